The summed E-state index contributed by atoms with van der Waals surface area (Å²) in [5.41, 5.74) is 2.85. The van der Waals surface area contributed by atoms with Crippen LogP contribution in [0.15, 0.2) is 42.5 Å². The zero-order valence-corrected chi connectivity index (χ0v) is 17.6. The number of likely N-dealkylation sites (tertiary alicyclic amines) is 1. The maximum Gasteiger partial charge on any atom is 0.279 e. The Morgan fingerprint density at radius 2 is 1.87 bits per heavy atom. The van der Waals surface area contributed by atoms with Crippen LogP contribution in [0, 0.1) is 0 Å². The summed E-state index contributed by atoms with van der Waals surface area (Å²) < 4.78 is 11.4. The Kier molecular flexibility index (Phi) is 5.51. The number of rotatable bonds is 5. The monoisotopic (exact) mass is 422 g/mol. The van der Waals surface area contributed by atoms with Gasteiger partial charge in [0.05, 0.1) is 6.54 Å². The number of amides is 2. The Balaban J connectivity index is 1.21. The van der Waals surface area contributed by atoms with Gasteiger partial charge in [-0.3, -0.25) is 9.59 Å². The van der Waals surface area contributed by atoms with Crippen molar-refractivity contribution in [3.05, 3.63) is 48.0 Å². The lowest BCUT2D eigenvalue weighted by atomic mass is 10.0. The summed E-state index contributed by atoms with van der Waals surface area (Å²) in [5, 5.41) is 3.01. The van der Waals surface area contributed by atoms with E-state index < -0.39 is 0 Å². The first-order chi connectivity index (χ1) is 15.2. The number of hydrogen-bond acceptors (Lipinski definition) is 4. The second-order valence-corrected chi connectivity index (χ2v) is 8.43. The first-order valence-corrected chi connectivity index (χ1v) is 11.1. The van der Waals surface area contributed by atoms with Crippen molar-refractivity contribution in [2.45, 2.75) is 31.7 Å². The molecule has 2 saturated heterocycles. The van der Waals surface area contributed by atoms with Crippen molar-refractivity contribution in [2.75, 3.05) is 43.1 Å². The minimum Gasteiger partial charge on any atom is -0.486 e. The minimum absolute atomic E-state index is 0.00411. The van der Waals surface area contributed by atoms with E-state index in [1.165, 1.54) is 10.5 Å². The summed E-state index contributed by atoms with van der Waals surface area (Å²) in [6, 6.07) is 14.0. The van der Waals surface area contributed by atoms with E-state index in [2.05, 4.69) is 17.4 Å². The van der Waals surface area contributed by atoms with Crippen molar-refractivity contribution in [3.63, 3.8) is 0 Å². The molecule has 7 heteroatoms. The van der Waals surface area contributed by atoms with Crippen molar-refractivity contribution < 1.29 is 24.0 Å². The predicted octanol–water partition coefficient (Wildman–Crippen LogP) is 1.94. The second-order valence-electron chi connectivity index (χ2n) is 8.43. The molecule has 3 aliphatic heterocycles. The third-order valence-corrected chi connectivity index (χ3v) is 6.38. The highest BCUT2D eigenvalue weighted by Crippen LogP contribution is 2.33. The van der Waals surface area contributed by atoms with E-state index in [1.54, 1.807) is 4.90 Å². The smallest absolute Gasteiger partial charge is 0.279 e. The van der Waals surface area contributed by atoms with Crippen LogP contribution in [-0.4, -0.2) is 44.7 Å². The van der Waals surface area contributed by atoms with Crippen LogP contribution in [0.3, 0.4) is 0 Å². The standard InChI is InChI=1S/C24H27N3O4/c28-23(25-18-6-8-19(9-7-18)27-12-2-4-24(27)29)16-26-11-1-3-20(26)17-5-10-21-22(15-17)31-14-13-30-21/h5-10,15,20H,1-4,11-14,16H2,(H,25,28)/p+1/t20-/m0/s1. The first kappa shape index (κ1) is 19.9. The Morgan fingerprint density at radius 1 is 1.06 bits per heavy atom. The number of ether oxygens (including phenoxy) is 2. The average Bonchev–Trinajstić information content (AvgIpc) is 3.43. The van der Waals surface area contributed by atoms with E-state index in [4.69, 9.17) is 9.47 Å². The second kappa shape index (κ2) is 8.59. The molecule has 2 aromatic carbocycles. The molecular formula is C24H28N3O4+. The lowest BCUT2D eigenvalue weighted by molar-refractivity contribution is -0.910. The maximum absolute atomic E-state index is 12.7. The van der Waals surface area contributed by atoms with Gasteiger partial charge in [0.2, 0.25) is 5.91 Å². The van der Waals surface area contributed by atoms with E-state index in [0.717, 1.165) is 55.2 Å². The summed E-state index contributed by atoms with van der Waals surface area (Å²) in [6.07, 6.45) is 3.67. The Hall–Kier alpha value is -3.06. The minimum atomic E-state index is 0.00411. The van der Waals surface area contributed by atoms with Crippen LogP contribution in [0.5, 0.6) is 11.5 Å². The Labute approximate surface area is 181 Å². The molecule has 0 spiro atoms. The molecule has 0 saturated carbocycles. The van der Waals surface area contributed by atoms with E-state index in [0.29, 0.717) is 26.2 Å². The lowest BCUT2D eigenvalue weighted by Gasteiger charge is -2.24. The van der Waals surface area contributed by atoms with Gasteiger partial charge in [-0.05, 0) is 48.9 Å². The molecule has 0 aliphatic carbocycles. The fourth-order valence-corrected chi connectivity index (χ4v) is 4.86. The third kappa shape index (κ3) is 4.23. The van der Waals surface area contributed by atoms with Crippen LogP contribution >= 0.6 is 0 Å². The molecule has 31 heavy (non-hydrogen) atoms. The largest absolute Gasteiger partial charge is 0.486 e. The fraction of sp³-hybridized carbons (Fsp3) is 0.417. The summed E-state index contributed by atoms with van der Waals surface area (Å²) in [7, 11) is 0. The summed E-state index contributed by atoms with van der Waals surface area (Å²) in [4.78, 5) is 27.7. The molecule has 0 radical (unpaired) electrons. The van der Waals surface area contributed by atoms with Crippen LogP contribution in [0.25, 0.3) is 0 Å². The van der Waals surface area contributed by atoms with Gasteiger partial charge in [-0.15, -0.1) is 0 Å². The predicted molar refractivity (Wildman–Crippen MR) is 117 cm³/mol. The molecule has 2 fully saturated rings. The van der Waals surface area contributed by atoms with Gasteiger partial charge in [-0.1, -0.05) is 0 Å². The van der Waals surface area contributed by atoms with Crippen molar-refractivity contribution >= 4 is 23.2 Å². The normalized spacial score (nSPS) is 22.6. The molecule has 2 amide bonds. The number of nitrogens with one attached hydrogen (secondary N) is 2. The molecule has 162 valence electrons. The van der Waals surface area contributed by atoms with Gasteiger partial charge in [0.1, 0.15) is 19.3 Å². The number of carbonyl (C=O) groups is 2. The Bertz CT molecular complexity index is 975. The van der Waals surface area contributed by atoms with Crippen LogP contribution < -0.4 is 24.6 Å². The van der Waals surface area contributed by atoms with Gasteiger partial charge in [-0.25, -0.2) is 0 Å². The number of fused-ring (bicyclic) bond motifs is 1. The molecule has 5 rings (SSSR count). The van der Waals surface area contributed by atoms with E-state index >= 15 is 0 Å². The molecule has 1 unspecified atom stereocenters. The molecule has 7 nitrogen and oxygen atoms in total. The van der Waals surface area contributed by atoms with Crippen molar-refractivity contribution in [1.29, 1.82) is 0 Å². The summed E-state index contributed by atoms with van der Waals surface area (Å²) in [6.45, 7) is 3.32. The number of hydrogen-bond donors (Lipinski definition) is 2. The third-order valence-electron chi connectivity index (χ3n) is 6.38. The molecule has 0 bridgehead atoms. The van der Waals surface area contributed by atoms with Gasteiger partial charge >= 0.3 is 0 Å². The van der Waals surface area contributed by atoms with Crippen LogP contribution in [0.1, 0.15) is 37.3 Å². The molecule has 3 heterocycles. The number of benzene rings is 2. The number of anilines is 2. The molecule has 2 atom stereocenters. The van der Waals surface area contributed by atoms with Crippen LogP contribution in [-0.2, 0) is 9.59 Å². The van der Waals surface area contributed by atoms with Gasteiger partial charge < -0.3 is 24.6 Å². The first-order valence-electron chi connectivity index (χ1n) is 11.1. The van der Waals surface area contributed by atoms with E-state index in [9.17, 15) is 9.59 Å². The highest BCUT2D eigenvalue weighted by Gasteiger charge is 2.32. The SMILES string of the molecule is O=C(C[NH+]1CCC[C@H]1c1ccc2c(c1)OCCO2)Nc1ccc(N2CCCC2=O)cc1. The van der Waals surface area contributed by atoms with Gasteiger partial charge in [0.15, 0.2) is 18.0 Å². The quantitative estimate of drug-likeness (QED) is 0.773. The summed E-state index contributed by atoms with van der Waals surface area (Å²) >= 11 is 0. The summed E-state index contributed by atoms with van der Waals surface area (Å²) in [5.74, 6) is 1.77. The maximum atomic E-state index is 12.7. The number of nitrogens with zero attached hydrogens (tertiary/aromatic N) is 1. The van der Waals surface area contributed by atoms with Gasteiger partial charge in [0, 0.05) is 42.7 Å². The molecule has 2 aromatic rings. The average molecular weight is 423 g/mol. The highest BCUT2D eigenvalue weighted by atomic mass is 16.6. The van der Waals surface area contributed by atoms with E-state index in [-0.39, 0.29) is 17.9 Å². The van der Waals surface area contributed by atoms with Crippen LogP contribution in [0.4, 0.5) is 11.4 Å². The molecule has 2 N–H and O–H groups in total. The van der Waals surface area contributed by atoms with Crippen molar-refractivity contribution in [1.82, 2.24) is 0 Å². The molecule has 3 aliphatic rings. The van der Waals surface area contributed by atoms with Crippen LogP contribution in [0.2, 0.25) is 0 Å². The van der Waals surface area contributed by atoms with Gasteiger partial charge in [-0.2, -0.15) is 0 Å². The zero-order chi connectivity index (χ0) is 21.2. The van der Waals surface area contributed by atoms with E-state index in [1.807, 2.05) is 30.3 Å². The number of quaternary nitrogens is 1. The zero-order valence-electron chi connectivity index (χ0n) is 17.6. The van der Waals surface area contributed by atoms with Gasteiger partial charge in [0.25, 0.3) is 5.91 Å². The molecule has 0 aromatic heterocycles. The molecular weight excluding hydrogens is 394 g/mol. The fourth-order valence-electron chi connectivity index (χ4n) is 4.86. The number of carbonyl (C=O) groups excluding carboxylic acids is 2. The Morgan fingerprint density at radius 3 is 2.65 bits per heavy atom. The van der Waals surface area contributed by atoms with Crippen molar-refractivity contribution in [2.24, 2.45) is 0 Å². The van der Waals surface area contributed by atoms with Crippen molar-refractivity contribution in [3.8, 4) is 11.5 Å². The lowest BCUT2D eigenvalue weighted by Crippen LogP contribution is -3.11. The highest BCUT2D eigenvalue weighted by molar-refractivity contribution is 5.96. The topological polar surface area (TPSA) is 72.3 Å².